The number of hydroxylamine groups is 1. The second-order valence-corrected chi connectivity index (χ2v) is 8.56. The van der Waals surface area contributed by atoms with Gasteiger partial charge in [-0.15, -0.1) is 0 Å². The van der Waals surface area contributed by atoms with E-state index in [4.69, 9.17) is 25.4 Å². The summed E-state index contributed by atoms with van der Waals surface area (Å²) < 4.78 is 13.9. The lowest BCUT2D eigenvalue weighted by atomic mass is 10.2. The van der Waals surface area contributed by atoms with E-state index in [0.29, 0.717) is 42.2 Å². The number of halogens is 1. The van der Waals surface area contributed by atoms with Crippen LogP contribution in [0.2, 0.25) is 0 Å². The zero-order chi connectivity index (χ0) is 21.1. The zero-order valence-corrected chi connectivity index (χ0v) is 18.3. The van der Waals surface area contributed by atoms with Crippen LogP contribution in [0.1, 0.15) is 25.7 Å². The first-order valence-corrected chi connectivity index (χ1v) is 11.0. The van der Waals surface area contributed by atoms with Crippen molar-refractivity contribution >= 4 is 50.5 Å². The fraction of sp³-hybridized carbons (Fsp3) is 0.316. The highest BCUT2D eigenvalue weighted by atomic mass is 79.9. The molecule has 158 valence electrons. The number of hydrogen-bond acceptors (Lipinski definition) is 8. The maximum atomic E-state index is 11.2. The predicted octanol–water partition coefficient (Wildman–Crippen LogP) is 3.72. The number of nitrogens with one attached hydrogen (secondary N) is 1. The predicted molar refractivity (Wildman–Crippen MR) is 115 cm³/mol. The fourth-order valence-electron chi connectivity index (χ4n) is 3.21. The van der Waals surface area contributed by atoms with Crippen LogP contribution in [0.4, 0.5) is 5.82 Å². The number of benzene rings is 1. The lowest BCUT2D eigenvalue weighted by Crippen LogP contribution is -2.17. The van der Waals surface area contributed by atoms with E-state index in [9.17, 15) is 4.79 Å². The van der Waals surface area contributed by atoms with E-state index in [0.717, 1.165) is 32.9 Å². The molecule has 30 heavy (non-hydrogen) atoms. The molecule has 2 aromatic heterocycles. The van der Waals surface area contributed by atoms with Gasteiger partial charge in [0.1, 0.15) is 5.52 Å². The van der Waals surface area contributed by atoms with Crippen molar-refractivity contribution in [2.45, 2.75) is 42.3 Å². The van der Waals surface area contributed by atoms with Crippen LogP contribution >= 0.6 is 27.7 Å². The molecule has 9 nitrogen and oxygen atoms in total. The summed E-state index contributed by atoms with van der Waals surface area (Å²) in [6.07, 6.45) is 4.35. The summed E-state index contributed by atoms with van der Waals surface area (Å²) in [7, 11) is 0. The van der Waals surface area contributed by atoms with Gasteiger partial charge in [0.2, 0.25) is 12.7 Å². The van der Waals surface area contributed by atoms with E-state index >= 15 is 0 Å². The number of imidazole rings is 1. The van der Waals surface area contributed by atoms with Crippen molar-refractivity contribution < 1.29 is 19.5 Å². The molecule has 1 aliphatic heterocycles. The van der Waals surface area contributed by atoms with Crippen molar-refractivity contribution in [1.29, 1.82) is 0 Å². The van der Waals surface area contributed by atoms with E-state index < -0.39 is 0 Å². The number of fused-ring (bicyclic) bond motifs is 2. The van der Waals surface area contributed by atoms with Crippen molar-refractivity contribution in [3.63, 3.8) is 0 Å². The number of nitrogens with zero attached hydrogens (tertiary/aromatic N) is 3. The molecule has 1 aliphatic rings. The van der Waals surface area contributed by atoms with E-state index in [-0.39, 0.29) is 12.7 Å². The quantitative estimate of drug-likeness (QED) is 0.246. The molecule has 3 heterocycles. The Morgan fingerprint density at radius 2 is 2.10 bits per heavy atom. The Bertz CT molecular complexity index is 1090. The van der Waals surface area contributed by atoms with Gasteiger partial charge in [0.15, 0.2) is 22.5 Å². The van der Waals surface area contributed by atoms with Gasteiger partial charge in [0, 0.05) is 28.5 Å². The summed E-state index contributed by atoms with van der Waals surface area (Å²) in [4.78, 5) is 21.0. The smallest absolute Gasteiger partial charge is 0.243 e. The molecule has 0 saturated carbocycles. The van der Waals surface area contributed by atoms with Crippen LogP contribution in [-0.2, 0) is 11.3 Å². The maximum absolute atomic E-state index is 11.2. The Balaban J connectivity index is 1.57. The van der Waals surface area contributed by atoms with Crippen molar-refractivity contribution in [3.05, 3.63) is 28.9 Å². The third-order valence-electron chi connectivity index (χ3n) is 4.70. The third kappa shape index (κ3) is 4.32. The van der Waals surface area contributed by atoms with Gasteiger partial charge < -0.3 is 19.8 Å². The third-order valence-corrected chi connectivity index (χ3v) is 6.67. The van der Waals surface area contributed by atoms with Crippen LogP contribution in [0.3, 0.4) is 0 Å². The molecule has 4 rings (SSSR count). The fourth-order valence-corrected chi connectivity index (χ4v) is 4.73. The Morgan fingerprint density at radius 1 is 1.30 bits per heavy atom. The number of amides is 1. The number of rotatable bonds is 8. The van der Waals surface area contributed by atoms with Gasteiger partial charge in [-0.1, -0.05) is 18.2 Å². The van der Waals surface area contributed by atoms with E-state index in [1.54, 1.807) is 11.7 Å². The van der Waals surface area contributed by atoms with Gasteiger partial charge in [0.25, 0.3) is 0 Å². The molecule has 0 fully saturated rings. The number of anilines is 1. The number of carbonyl (C=O) groups is 1. The topological polar surface area (TPSA) is 125 Å². The highest BCUT2D eigenvalue weighted by Gasteiger charge is 2.20. The standard InChI is InChI=1S/C19H20BrN5O4S/c20-11-8-13-14(29-10-28-13)9-15(11)30-19-23-17-12(5-6-22-18(17)21)25(19)7-3-1-2-4-16(26)24-27/h5-6,8-9,27H,1-4,7,10H2,(H2,21,22)(H,24,26). The van der Waals surface area contributed by atoms with E-state index in [1.807, 2.05) is 18.2 Å². The first-order valence-electron chi connectivity index (χ1n) is 9.37. The molecule has 0 bridgehead atoms. The molecule has 1 amide bonds. The second kappa shape index (κ2) is 9.11. The van der Waals surface area contributed by atoms with Crippen molar-refractivity contribution in [1.82, 2.24) is 20.0 Å². The number of carbonyl (C=O) groups excluding carboxylic acids is 1. The highest BCUT2D eigenvalue weighted by Crippen LogP contribution is 2.43. The number of nitrogen functional groups attached to an aromatic ring is 1. The number of ether oxygens (including phenoxy) is 2. The lowest BCUT2D eigenvalue weighted by molar-refractivity contribution is -0.129. The molecular weight excluding hydrogens is 474 g/mol. The largest absolute Gasteiger partial charge is 0.454 e. The molecule has 0 aliphatic carbocycles. The van der Waals surface area contributed by atoms with Gasteiger partial charge in [0.05, 0.1) is 5.52 Å². The molecule has 0 spiro atoms. The van der Waals surface area contributed by atoms with Crippen LogP contribution < -0.4 is 20.7 Å². The van der Waals surface area contributed by atoms with Gasteiger partial charge in [-0.25, -0.2) is 15.4 Å². The second-order valence-electron chi connectivity index (χ2n) is 6.69. The molecule has 0 saturated heterocycles. The normalized spacial score (nSPS) is 12.5. The number of aromatic nitrogens is 3. The lowest BCUT2D eigenvalue weighted by Gasteiger charge is -2.10. The molecule has 1 aromatic carbocycles. The van der Waals surface area contributed by atoms with Gasteiger partial charge in [-0.3, -0.25) is 10.0 Å². The minimum absolute atomic E-state index is 0.213. The summed E-state index contributed by atoms with van der Waals surface area (Å²) >= 11 is 5.10. The molecule has 4 N–H and O–H groups in total. The van der Waals surface area contributed by atoms with Crippen molar-refractivity contribution in [2.24, 2.45) is 0 Å². The Morgan fingerprint density at radius 3 is 2.90 bits per heavy atom. The molecule has 0 radical (unpaired) electrons. The minimum Gasteiger partial charge on any atom is -0.454 e. The summed E-state index contributed by atoms with van der Waals surface area (Å²) in [5.74, 6) is 1.43. The summed E-state index contributed by atoms with van der Waals surface area (Å²) in [5.41, 5.74) is 9.28. The number of aryl methyl sites for hydroxylation is 1. The van der Waals surface area contributed by atoms with Crippen molar-refractivity contribution in [3.8, 4) is 11.5 Å². The Labute approximate surface area is 185 Å². The first-order chi connectivity index (χ1) is 14.6. The summed E-state index contributed by atoms with van der Waals surface area (Å²) in [5, 5.41) is 9.38. The monoisotopic (exact) mass is 493 g/mol. The number of hydrogen-bond donors (Lipinski definition) is 3. The maximum Gasteiger partial charge on any atom is 0.243 e. The average molecular weight is 494 g/mol. The van der Waals surface area contributed by atoms with Crippen LogP contribution in [0.25, 0.3) is 11.0 Å². The van der Waals surface area contributed by atoms with Gasteiger partial charge >= 0.3 is 0 Å². The Kier molecular flexibility index (Phi) is 6.30. The van der Waals surface area contributed by atoms with Crippen LogP contribution in [0.5, 0.6) is 11.5 Å². The van der Waals surface area contributed by atoms with Crippen molar-refractivity contribution in [2.75, 3.05) is 12.5 Å². The first kappa shape index (κ1) is 20.8. The van der Waals surface area contributed by atoms with Crippen LogP contribution in [0.15, 0.2) is 38.9 Å². The van der Waals surface area contributed by atoms with Gasteiger partial charge in [-0.05, 0) is 47.0 Å². The average Bonchev–Trinajstić information content (AvgIpc) is 3.33. The zero-order valence-electron chi connectivity index (χ0n) is 15.9. The SMILES string of the molecule is Nc1nccc2c1nc(Sc1cc3c(cc1Br)OCO3)n2CCCCCC(=O)NO. The molecule has 11 heteroatoms. The van der Waals surface area contributed by atoms with E-state index in [1.165, 1.54) is 11.8 Å². The number of unbranched alkanes of at least 4 members (excludes halogenated alkanes) is 2. The number of pyridine rings is 1. The molecular formula is C19H20BrN5O4S. The molecule has 0 atom stereocenters. The summed E-state index contributed by atoms with van der Waals surface area (Å²) in [6, 6.07) is 5.71. The van der Waals surface area contributed by atoms with Crippen LogP contribution in [0, 0.1) is 0 Å². The van der Waals surface area contributed by atoms with E-state index in [2.05, 4.69) is 25.5 Å². The highest BCUT2D eigenvalue weighted by molar-refractivity contribution is 9.10. The Hall–Kier alpha value is -2.50. The molecule has 0 unspecified atom stereocenters. The number of nitrogens with two attached hydrogens (primary N) is 1. The van der Waals surface area contributed by atoms with Crippen LogP contribution in [-0.4, -0.2) is 32.4 Å². The molecule has 3 aromatic rings. The summed E-state index contributed by atoms with van der Waals surface area (Å²) in [6.45, 7) is 0.927. The minimum atomic E-state index is -0.370. The van der Waals surface area contributed by atoms with Gasteiger partial charge in [-0.2, -0.15) is 0 Å².